The number of rotatable bonds is 6. The summed E-state index contributed by atoms with van der Waals surface area (Å²) in [6.07, 6.45) is 1.59. The lowest BCUT2D eigenvalue weighted by Gasteiger charge is -2.24. The van der Waals surface area contributed by atoms with Gasteiger partial charge in [-0.25, -0.2) is 0 Å². The Labute approximate surface area is 111 Å². The highest BCUT2D eigenvalue weighted by molar-refractivity contribution is 5.78. The van der Waals surface area contributed by atoms with Crippen molar-refractivity contribution in [2.24, 2.45) is 0 Å². The molecule has 6 nitrogen and oxygen atoms in total. The van der Waals surface area contributed by atoms with Crippen LogP contribution >= 0.6 is 0 Å². The second-order valence-corrected chi connectivity index (χ2v) is 4.98. The van der Waals surface area contributed by atoms with Gasteiger partial charge in [0.05, 0.1) is 6.42 Å². The van der Waals surface area contributed by atoms with Crippen LogP contribution < -0.4 is 10.9 Å². The molecule has 1 aromatic heterocycles. The molecule has 0 unspecified atom stereocenters. The fourth-order valence-electron chi connectivity index (χ4n) is 1.73. The number of aromatic nitrogens is 1. The summed E-state index contributed by atoms with van der Waals surface area (Å²) in [4.78, 5) is 33.7. The molecule has 6 heteroatoms. The van der Waals surface area contributed by atoms with E-state index >= 15 is 0 Å². The zero-order chi connectivity index (χ0) is 14.5. The molecule has 1 amide bonds. The molecular formula is C13H18N2O4. The molecule has 1 aromatic rings. The van der Waals surface area contributed by atoms with E-state index in [1.165, 1.54) is 10.6 Å². The number of carbonyl (C=O) groups is 2. The first-order valence-corrected chi connectivity index (χ1v) is 5.98. The maximum Gasteiger partial charge on any atom is 0.305 e. The van der Waals surface area contributed by atoms with Gasteiger partial charge in [0.15, 0.2) is 0 Å². The number of aryl methyl sites for hydroxylation is 1. The smallest absolute Gasteiger partial charge is 0.305 e. The van der Waals surface area contributed by atoms with Crippen molar-refractivity contribution in [2.75, 3.05) is 0 Å². The fourth-order valence-corrected chi connectivity index (χ4v) is 1.73. The van der Waals surface area contributed by atoms with Gasteiger partial charge in [-0.15, -0.1) is 0 Å². The standard InChI is InChI=1S/C13H18N2O4/c1-13(2,9-12(18)19)14-10(16)6-8-15-7-4-3-5-11(15)17/h3-5,7H,6,8-9H2,1-2H3,(H,14,16)(H,18,19). The molecule has 0 bridgehead atoms. The van der Waals surface area contributed by atoms with Gasteiger partial charge in [-0.05, 0) is 19.9 Å². The molecule has 19 heavy (non-hydrogen) atoms. The second-order valence-electron chi connectivity index (χ2n) is 4.98. The van der Waals surface area contributed by atoms with Crippen molar-refractivity contribution in [3.05, 3.63) is 34.7 Å². The molecule has 1 heterocycles. The van der Waals surface area contributed by atoms with E-state index in [4.69, 9.17) is 5.11 Å². The van der Waals surface area contributed by atoms with Crippen molar-refractivity contribution >= 4 is 11.9 Å². The van der Waals surface area contributed by atoms with Crippen molar-refractivity contribution in [1.29, 1.82) is 0 Å². The predicted octanol–water partition coefficient (Wildman–Crippen LogP) is 0.608. The number of amides is 1. The minimum absolute atomic E-state index is 0.132. The van der Waals surface area contributed by atoms with E-state index in [1.54, 1.807) is 32.2 Å². The number of carbonyl (C=O) groups excluding carboxylic acids is 1. The van der Waals surface area contributed by atoms with E-state index in [2.05, 4.69) is 5.32 Å². The van der Waals surface area contributed by atoms with Gasteiger partial charge in [0.25, 0.3) is 5.56 Å². The summed E-state index contributed by atoms with van der Waals surface area (Å²) in [7, 11) is 0. The molecule has 0 aliphatic rings. The van der Waals surface area contributed by atoms with Crippen molar-refractivity contribution in [1.82, 2.24) is 9.88 Å². The minimum atomic E-state index is -0.968. The highest BCUT2D eigenvalue weighted by Crippen LogP contribution is 2.08. The molecule has 0 radical (unpaired) electrons. The molecule has 1 rings (SSSR count). The molecular weight excluding hydrogens is 248 g/mol. The number of pyridine rings is 1. The highest BCUT2D eigenvalue weighted by atomic mass is 16.4. The number of carboxylic acid groups (broad SMARTS) is 1. The first kappa shape index (κ1) is 14.9. The molecule has 0 saturated carbocycles. The van der Waals surface area contributed by atoms with E-state index in [1.807, 2.05) is 0 Å². The Balaban J connectivity index is 2.51. The monoisotopic (exact) mass is 266 g/mol. The van der Waals surface area contributed by atoms with Gasteiger partial charge in [0.1, 0.15) is 0 Å². The van der Waals surface area contributed by atoms with Crippen LogP contribution in [0.5, 0.6) is 0 Å². The maximum atomic E-state index is 11.7. The van der Waals surface area contributed by atoms with Gasteiger partial charge < -0.3 is 15.0 Å². The third-order valence-corrected chi connectivity index (χ3v) is 2.55. The van der Waals surface area contributed by atoms with Crippen LogP contribution in [-0.4, -0.2) is 27.1 Å². The summed E-state index contributed by atoms with van der Waals surface area (Å²) in [5, 5.41) is 11.4. The van der Waals surface area contributed by atoms with Crippen molar-refractivity contribution < 1.29 is 14.7 Å². The van der Waals surface area contributed by atoms with E-state index in [9.17, 15) is 14.4 Å². The molecule has 0 spiro atoms. The topological polar surface area (TPSA) is 88.4 Å². The van der Waals surface area contributed by atoms with Crippen molar-refractivity contribution in [2.45, 2.75) is 38.8 Å². The average Bonchev–Trinajstić information content (AvgIpc) is 2.25. The number of hydrogen-bond donors (Lipinski definition) is 2. The largest absolute Gasteiger partial charge is 0.481 e. The lowest BCUT2D eigenvalue weighted by atomic mass is 10.0. The molecule has 0 aliphatic heterocycles. The molecule has 0 fully saturated rings. The Hall–Kier alpha value is -2.11. The first-order chi connectivity index (χ1) is 8.80. The molecule has 2 N–H and O–H groups in total. The minimum Gasteiger partial charge on any atom is -0.481 e. The normalized spacial score (nSPS) is 11.1. The van der Waals surface area contributed by atoms with Crippen LogP contribution in [0.25, 0.3) is 0 Å². The predicted molar refractivity (Wildman–Crippen MR) is 69.8 cm³/mol. The number of nitrogens with zero attached hydrogens (tertiary/aromatic N) is 1. The average molecular weight is 266 g/mol. The Morgan fingerprint density at radius 1 is 1.37 bits per heavy atom. The van der Waals surface area contributed by atoms with Crippen LogP contribution in [0, 0.1) is 0 Å². The number of carboxylic acids is 1. The van der Waals surface area contributed by atoms with Gasteiger partial charge in [-0.3, -0.25) is 14.4 Å². The van der Waals surface area contributed by atoms with E-state index in [0.717, 1.165) is 0 Å². The van der Waals surface area contributed by atoms with E-state index < -0.39 is 11.5 Å². The van der Waals surface area contributed by atoms with Crippen LogP contribution in [0.2, 0.25) is 0 Å². The van der Waals surface area contributed by atoms with Gasteiger partial charge in [-0.1, -0.05) is 6.07 Å². The summed E-state index contributed by atoms with van der Waals surface area (Å²) in [5.41, 5.74) is -0.968. The number of hydrogen-bond acceptors (Lipinski definition) is 3. The summed E-state index contributed by atoms with van der Waals surface area (Å²) in [5.74, 6) is -1.24. The zero-order valence-corrected chi connectivity index (χ0v) is 11.0. The van der Waals surface area contributed by atoms with E-state index in [0.29, 0.717) is 0 Å². The third kappa shape index (κ3) is 5.37. The van der Waals surface area contributed by atoms with Crippen molar-refractivity contribution in [3.8, 4) is 0 Å². The number of aliphatic carboxylic acids is 1. The van der Waals surface area contributed by atoms with Gasteiger partial charge in [0.2, 0.25) is 5.91 Å². The zero-order valence-electron chi connectivity index (χ0n) is 11.0. The van der Waals surface area contributed by atoms with Gasteiger partial charge in [0, 0.05) is 30.8 Å². The van der Waals surface area contributed by atoms with Gasteiger partial charge in [-0.2, -0.15) is 0 Å². The molecule has 0 aliphatic carbocycles. The van der Waals surface area contributed by atoms with Gasteiger partial charge >= 0.3 is 5.97 Å². The summed E-state index contributed by atoms with van der Waals surface area (Å²) >= 11 is 0. The maximum absolute atomic E-state index is 11.7. The van der Waals surface area contributed by atoms with Crippen LogP contribution in [0.1, 0.15) is 26.7 Å². The van der Waals surface area contributed by atoms with Crippen molar-refractivity contribution in [3.63, 3.8) is 0 Å². The SMILES string of the molecule is CC(C)(CC(=O)O)NC(=O)CCn1ccccc1=O. The Kier molecular flexibility index (Phi) is 4.86. The molecule has 104 valence electrons. The summed E-state index contributed by atoms with van der Waals surface area (Å²) in [6.45, 7) is 3.57. The summed E-state index contributed by atoms with van der Waals surface area (Å²) in [6, 6.07) is 4.77. The third-order valence-electron chi connectivity index (χ3n) is 2.55. The first-order valence-electron chi connectivity index (χ1n) is 5.98. The molecule has 0 aromatic carbocycles. The summed E-state index contributed by atoms with van der Waals surface area (Å²) < 4.78 is 1.43. The fraction of sp³-hybridized carbons (Fsp3) is 0.462. The quantitative estimate of drug-likeness (QED) is 0.789. The number of nitrogens with one attached hydrogen (secondary N) is 1. The van der Waals surface area contributed by atoms with Crippen LogP contribution in [0.4, 0.5) is 0 Å². The Morgan fingerprint density at radius 3 is 2.63 bits per heavy atom. The second kappa shape index (κ2) is 6.17. The lowest BCUT2D eigenvalue weighted by Crippen LogP contribution is -2.45. The lowest BCUT2D eigenvalue weighted by molar-refractivity contribution is -0.138. The molecule has 0 saturated heterocycles. The van der Waals surface area contributed by atoms with E-state index in [-0.39, 0.29) is 30.9 Å². The highest BCUT2D eigenvalue weighted by Gasteiger charge is 2.23. The van der Waals surface area contributed by atoms with Crippen LogP contribution in [-0.2, 0) is 16.1 Å². The molecule has 0 atom stereocenters. The Bertz CT molecular complexity index is 519. The van der Waals surface area contributed by atoms with Crippen LogP contribution in [0.3, 0.4) is 0 Å². The van der Waals surface area contributed by atoms with Crippen LogP contribution in [0.15, 0.2) is 29.2 Å². The Morgan fingerprint density at radius 2 is 2.05 bits per heavy atom.